The summed E-state index contributed by atoms with van der Waals surface area (Å²) in [6.07, 6.45) is 6.45. The molecule has 2 aliphatic rings. The van der Waals surface area contributed by atoms with Crippen molar-refractivity contribution >= 4 is 58.9 Å². The Balaban J connectivity index is 1.81. The van der Waals surface area contributed by atoms with Crippen LogP contribution in [0.4, 0.5) is 0 Å². The maximum Gasteiger partial charge on any atom is 0.261 e. The normalized spacial score (nSPS) is 27.6. The number of halogens is 2. The summed E-state index contributed by atoms with van der Waals surface area (Å²) in [7, 11) is -4.69. The van der Waals surface area contributed by atoms with Gasteiger partial charge >= 0.3 is 0 Å². The van der Waals surface area contributed by atoms with Crippen LogP contribution in [-0.4, -0.2) is 29.3 Å². The topological polar surface area (TPSA) is 18.5 Å². The predicted octanol–water partition coefficient (Wildman–Crippen LogP) is 11.7. The first-order valence-corrected chi connectivity index (χ1v) is 23.7. The van der Waals surface area contributed by atoms with Crippen molar-refractivity contribution in [3.8, 4) is 0 Å². The van der Waals surface area contributed by atoms with Crippen molar-refractivity contribution in [1.82, 2.24) is 0 Å². The van der Waals surface area contributed by atoms with Gasteiger partial charge < -0.3 is 8.85 Å². The van der Waals surface area contributed by atoms with E-state index in [1.807, 2.05) is 0 Å². The third-order valence-electron chi connectivity index (χ3n) is 12.1. The minimum Gasteiger partial charge on any atom is -0.413 e. The quantitative estimate of drug-likeness (QED) is 0.211. The van der Waals surface area contributed by atoms with Crippen LogP contribution in [0.25, 0.3) is 0 Å². The predicted molar refractivity (Wildman–Crippen MR) is 212 cm³/mol. The molecule has 2 aromatic rings. The molecule has 0 aliphatic heterocycles. The minimum atomic E-state index is -2.67. The number of rotatable bonds is 11. The zero-order valence-electron chi connectivity index (χ0n) is 30.5. The van der Waals surface area contributed by atoms with E-state index in [1.165, 1.54) is 29.6 Å². The molecule has 0 amide bonds. The van der Waals surface area contributed by atoms with E-state index in [1.54, 1.807) is 0 Å². The van der Waals surface area contributed by atoms with E-state index in [-0.39, 0.29) is 5.04 Å². The number of hydrogen-bond acceptors (Lipinski definition) is 2. The molecule has 2 saturated carbocycles. The largest absolute Gasteiger partial charge is 0.413 e. The van der Waals surface area contributed by atoms with Crippen molar-refractivity contribution in [2.45, 2.75) is 123 Å². The molecule has 2 aromatic carbocycles. The van der Waals surface area contributed by atoms with E-state index in [0.717, 1.165) is 10.00 Å². The lowest BCUT2D eigenvalue weighted by Gasteiger charge is -2.56. The second kappa shape index (κ2) is 15.6. The molecule has 0 unspecified atom stereocenters. The maximum atomic E-state index is 7.76. The Morgan fingerprint density at radius 1 is 0.804 bits per heavy atom. The highest BCUT2D eigenvalue weighted by Gasteiger charge is 2.55. The Morgan fingerprint density at radius 2 is 1.30 bits per heavy atom. The summed E-state index contributed by atoms with van der Waals surface area (Å²) in [5.41, 5.74) is 1.79. The van der Waals surface area contributed by atoms with Crippen molar-refractivity contribution in [3.63, 3.8) is 0 Å². The minimum absolute atomic E-state index is 0.0441. The summed E-state index contributed by atoms with van der Waals surface area (Å²) < 4.78 is 16.5. The van der Waals surface area contributed by atoms with Crippen LogP contribution < -0.4 is 10.4 Å². The van der Waals surface area contributed by atoms with Gasteiger partial charge in [-0.25, -0.2) is 0 Å². The lowest BCUT2D eigenvalue weighted by molar-refractivity contribution is -0.0785. The van der Waals surface area contributed by atoms with Crippen LogP contribution in [0.15, 0.2) is 70.1 Å². The fourth-order valence-electron chi connectivity index (χ4n) is 10.3. The number of fused-ring (bicyclic) bond motifs is 1. The van der Waals surface area contributed by atoms with Gasteiger partial charge in [0.05, 0.1) is 3.39 Å². The lowest BCUT2D eigenvalue weighted by Crippen LogP contribution is -2.67. The van der Waals surface area contributed by atoms with Crippen molar-refractivity contribution in [3.05, 3.63) is 70.1 Å². The molecule has 2 fully saturated rings. The van der Waals surface area contributed by atoms with E-state index < -0.39 is 16.6 Å². The van der Waals surface area contributed by atoms with E-state index in [0.29, 0.717) is 58.2 Å². The molecule has 0 heterocycles. The van der Waals surface area contributed by atoms with Crippen LogP contribution in [0.3, 0.4) is 0 Å². The first-order valence-electron chi connectivity index (χ1n) is 18.0. The third-order valence-corrected chi connectivity index (χ3v) is 23.8. The number of allylic oxidation sites excluding steroid dienone is 1. The van der Waals surface area contributed by atoms with Crippen LogP contribution in [0, 0.1) is 35.5 Å². The van der Waals surface area contributed by atoms with Crippen LogP contribution in [0.1, 0.15) is 95.4 Å². The molecular formula is C40H62Br2O2Si2. The maximum absolute atomic E-state index is 7.76. The highest BCUT2D eigenvalue weighted by Crippen LogP contribution is 2.55. The Labute approximate surface area is 301 Å². The molecule has 4 rings (SSSR count). The van der Waals surface area contributed by atoms with Gasteiger partial charge in [-0.1, -0.05) is 143 Å². The first-order chi connectivity index (χ1) is 21.6. The molecule has 0 spiro atoms. The zero-order valence-corrected chi connectivity index (χ0v) is 35.7. The smallest absolute Gasteiger partial charge is 0.261 e. The average Bonchev–Trinajstić information content (AvgIpc) is 2.98. The zero-order chi connectivity index (χ0) is 34.0. The highest BCUT2D eigenvalue weighted by atomic mass is 79.9. The molecule has 0 saturated heterocycles. The van der Waals surface area contributed by atoms with Crippen molar-refractivity contribution < 1.29 is 8.85 Å². The summed E-state index contributed by atoms with van der Waals surface area (Å²) in [6.45, 7) is 27.6. The Bertz CT molecular complexity index is 1210. The summed E-state index contributed by atoms with van der Waals surface area (Å²) in [5.74, 6) is 3.15. The van der Waals surface area contributed by atoms with Gasteiger partial charge in [-0.3, -0.25) is 0 Å². The van der Waals surface area contributed by atoms with E-state index in [9.17, 15) is 0 Å². The molecule has 256 valence electrons. The molecular weight excluding hydrogens is 728 g/mol. The first kappa shape index (κ1) is 38.3. The number of benzene rings is 2. The third kappa shape index (κ3) is 7.48. The molecule has 7 atom stereocenters. The van der Waals surface area contributed by atoms with Gasteiger partial charge in [0.25, 0.3) is 8.32 Å². The molecule has 0 aromatic heterocycles. The van der Waals surface area contributed by atoms with E-state index >= 15 is 0 Å². The SMILES string of the molecule is CC(C)[Si](O[C@H]1CC[C@H](C)[C@H]2[C@H](CO[Si](c3ccccc3)(c3ccccc3)C(C)(C)C)[C@H](C=C(Br)Br)[C@@H](C)C[C@H]21)(C(C)C)C(C)C. The summed E-state index contributed by atoms with van der Waals surface area (Å²) in [6, 6.07) is 22.3. The van der Waals surface area contributed by atoms with Gasteiger partial charge in [0, 0.05) is 12.7 Å². The fraction of sp³-hybridized carbons (Fsp3) is 0.650. The molecule has 46 heavy (non-hydrogen) atoms. The molecule has 0 N–H and O–H groups in total. The van der Waals surface area contributed by atoms with Crippen LogP contribution in [0.5, 0.6) is 0 Å². The van der Waals surface area contributed by atoms with Crippen molar-refractivity contribution in [2.75, 3.05) is 6.61 Å². The second-order valence-corrected chi connectivity index (χ2v) is 29.1. The Kier molecular flexibility index (Phi) is 13.0. The Morgan fingerprint density at radius 3 is 1.74 bits per heavy atom. The molecule has 0 bridgehead atoms. The van der Waals surface area contributed by atoms with E-state index in [2.05, 4.69) is 175 Å². The van der Waals surface area contributed by atoms with Crippen LogP contribution >= 0.6 is 31.9 Å². The fourth-order valence-corrected chi connectivity index (χ4v) is 21.1. The Hall–Kier alpha value is -0.506. The molecule has 2 aliphatic carbocycles. The molecule has 0 radical (unpaired) electrons. The summed E-state index contributed by atoms with van der Waals surface area (Å²) >= 11 is 7.58. The highest BCUT2D eigenvalue weighted by molar-refractivity contribution is 9.28. The van der Waals surface area contributed by atoms with Crippen LogP contribution in [-0.2, 0) is 8.85 Å². The number of hydrogen-bond donors (Lipinski definition) is 0. The van der Waals surface area contributed by atoms with Gasteiger partial charge in [-0.05, 0) is 119 Å². The standard InChI is InChI=1S/C40H62Br2O2Si2/c1-27(2)45(28(3)4,29(5)6)44-37-23-22-30(7)39-35(37)24-31(8)34(25-38(41)42)36(39)26-43-46(40(9,10)11,32-18-14-12-15-19-32)33-20-16-13-17-21-33/h12-21,25,27-31,34-37,39H,22-24,26H2,1-11H3/t30-,31-,34+,35-,36+,37-,39+/m0/s1. The van der Waals surface area contributed by atoms with Gasteiger partial charge in [-0.2, -0.15) is 0 Å². The van der Waals surface area contributed by atoms with Crippen molar-refractivity contribution in [2.24, 2.45) is 35.5 Å². The van der Waals surface area contributed by atoms with Gasteiger partial charge in [0.1, 0.15) is 0 Å². The summed E-state index contributed by atoms with van der Waals surface area (Å²) in [4.78, 5) is 0. The molecule has 2 nitrogen and oxygen atoms in total. The van der Waals surface area contributed by atoms with Crippen LogP contribution in [0.2, 0.25) is 21.7 Å². The van der Waals surface area contributed by atoms with Gasteiger partial charge in [0.15, 0.2) is 0 Å². The lowest BCUT2D eigenvalue weighted by atomic mass is 9.55. The van der Waals surface area contributed by atoms with Gasteiger partial charge in [-0.15, -0.1) is 0 Å². The van der Waals surface area contributed by atoms with E-state index in [4.69, 9.17) is 8.85 Å². The second-order valence-electron chi connectivity index (χ2n) is 16.7. The van der Waals surface area contributed by atoms with Crippen molar-refractivity contribution in [1.29, 1.82) is 0 Å². The van der Waals surface area contributed by atoms with Gasteiger partial charge in [0.2, 0.25) is 8.32 Å². The average molecular weight is 791 g/mol. The molecule has 6 heteroatoms. The summed E-state index contributed by atoms with van der Waals surface area (Å²) in [5, 5.41) is 2.68. The monoisotopic (exact) mass is 788 g/mol.